The van der Waals surface area contributed by atoms with Crippen LogP contribution in [0.3, 0.4) is 0 Å². The number of aryl methyl sites for hydroxylation is 2. The van der Waals surface area contributed by atoms with E-state index in [1.54, 1.807) is 11.8 Å². The van der Waals surface area contributed by atoms with Crippen LogP contribution < -0.4 is 5.32 Å². The highest BCUT2D eigenvalue weighted by molar-refractivity contribution is 8.15. The Balaban J connectivity index is 1.76. The van der Waals surface area contributed by atoms with Crippen LogP contribution in [0.25, 0.3) is 0 Å². The molecule has 1 aromatic carbocycles. The van der Waals surface area contributed by atoms with Gasteiger partial charge in [-0.1, -0.05) is 17.8 Å². The molecule has 0 aromatic heterocycles. The minimum atomic E-state index is -2.87. The maximum atomic E-state index is 11.5. The molecule has 3 rings (SSSR count). The summed E-state index contributed by atoms with van der Waals surface area (Å²) in [6, 6.07) is 6.20. The highest BCUT2D eigenvalue weighted by Crippen LogP contribution is 2.34. The van der Waals surface area contributed by atoms with Crippen LogP contribution in [0.5, 0.6) is 0 Å². The Morgan fingerprint density at radius 1 is 1.21 bits per heavy atom. The average Bonchev–Trinajstić information content (AvgIpc) is 2.68. The van der Waals surface area contributed by atoms with Gasteiger partial charge in [0.05, 0.1) is 17.5 Å². The predicted molar refractivity (Wildman–Crippen MR) is 80.8 cm³/mol. The first-order chi connectivity index (χ1) is 8.91. The second-order valence-electron chi connectivity index (χ2n) is 5.24. The molecular weight excluding hydrogens is 280 g/mol. The van der Waals surface area contributed by atoms with E-state index >= 15 is 0 Å². The van der Waals surface area contributed by atoms with Crippen molar-refractivity contribution in [1.29, 1.82) is 0 Å². The van der Waals surface area contributed by atoms with E-state index in [1.807, 2.05) is 0 Å². The summed E-state index contributed by atoms with van der Waals surface area (Å²) in [6.07, 6.45) is 0. The van der Waals surface area contributed by atoms with Crippen LogP contribution in [0.15, 0.2) is 23.2 Å². The van der Waals surface area contributed by atoms with Crippen LogP contribution in [-0.4, -0.2) is 36.4 Å². The molecule has 2 atom stereocenters. The van der Waals surface area contributed by atoms with Gasteiger partial charge in [0, 0.05) is 10.9 Å². The normalized spacial score (nSPS) is 28.0. The first-order valence-electron chi connectivity index (χ1n) is 6.21. The molecular formula is C13H16N2O2S2. The summed E-state index contributed by atoms with van der Waals surface area (Å²) in [5.41, 5.74) is 3.43. The summed E-state index contributed by atoms with van der Waals surface area (Å²) in [5.74, 6) is 0.451. The predicted octanol–water partition coefficient (Wildman–Crippen LogP) is 1.98. The number of thioether (sulfide) groups is 1. The number of nitrogens with one attached hydrogen (secondary N) is 1. The minimum Gasteiger partial charge on any atom is -0.335 e. The standard InChI is InChI=1S/C13H16N2O2S2/c1-8-3-9(2)5-10(4-8)14-13-15-11-6-19(16,17)7-12(11)18-13/h3-5,11-12H,6-7H2,1-2H3,(H,14,15)/t11-,12+/m0/s1. The van der Waals surface area contributed by atoms with Gasteiger partial charge in [-0.2, -0.15) is 0 Å². The van der Waals surface area contributed by atoms with Crippen molar-refractivity contribution in [2.75, 3.05) is 16.8 Å². The number of hydrogen-bond donors (Lipinski definition) is 1. The molecule has 102 valence electrons. The molecule has 1 saturated heterocycles. The third kappa shape index (κ3) is 2.79. The van der Waals surface area contributed by atoms with Gasteiger partial charge in [-0.3, -0.25) is 4.99 Å². The Morgan fingerprint density at radius 2 is 1.89 bits per heavy atom. The quantitative estimate of drug-likeness (QED) is 0.861. The molecule has 1 N–H and O–H groups in total. The molecule has 0 saturated carbocycles. The van der Waals surface area contributed by atoms with Gasteiger partial charge in [0.2, 0.25) is 0 Å². The zero-order valence-corrected chi connectivity index (χ0v) is 12.5. The summed E-state index contributed by atoms with van der Waals surface area (Å²) in [6.45, 7) is 4.12. The number of nitrogens with zero attached hydrogens (tertiary/aromatic N) is 1. The minimum absolute atomic E-state index is 0.0663. The van der Waals surface area contributed by atoms with Crippen LogP contribution in [0, 0.1) is 13.8 Å². The van der Waals surface area contributed by atoms with E-state index in [1.165, 1.54) is 11.1 Å². The molecule has 1 aromatic rings. The summed E-state index contributed by atoms with van der Waals surface area (Å²) >= 11 is 1.55. The van der Waals surface area contributed by atoms with E-state index < -0.39 is 9.84 Å². The summed E-state index contributed by atoms with van der Waals surface area (Å²) in [5, 5.41) is 4.23. The lowest BCUT2D eigenvalue weighted by atomic mass is 10.1. The van der Waals surface area contributed by atoms with Crippen LogP contribution in [0.2, 0.25) is 0 Å². The topological polar surface area (TPSA) is 58.5 Å². The summed E-state index contributed by atoms with van der Waals surface area (Å²) in [4.78, 5) is 4.49. The maximum absolute atomic E-state index is 11.5. The number of benzene rings is 1. The molecule has 1 fully saturated rings. The molecule has 2 aliphatic heterocycles. The van der Waals surface area contributed by atoms with E-state index in [4.69, 9.17) is 0 Å². The highest BCUT2D eigenvalue weighted by Gasteiger charge is 2.42. The third-order valence-electron chi connectivity index (χ3n) is 3.29. The lowest BCUT2D eigenvalue weighted by molar-refractivity contribution is 0.601. The van der Waals surface area contributed by atoms with E-state index in [2.05, 4.69) is 42.4 Å². The Bertz CT molecular complexity index is 632. The van der Waals surface area contributed by atoms with E-state index in [0.717, 1.165) is 10.9 Å². The van der Waals surface area contributed by atoms with Crippen molar-refractivity contribution in [3.63, 3.8) is 0 Å². The van der Waals surface area contributed by atoms with Crippen molar-refractivity contribution in [3.05, 3.63) is 29.3 Å². The van der Waals surface area contributed by atoms with E-state index in [0.29, 0.717) is 0 Å². The number of sulfone groups is 1. The van der Waals surface area contributed by atoms with Crippen molar-refractivity contribution >= 4 is 32.5 Å². The van der Waals surface area contributed by atoms with Crippen molar-refractivity contribution in [1.82, 2.24) is 0 Å². The maximum Gasteiger partial charge on any atom is 0.161 e. The van der Waals surface area contributed by atoms with Crippen LogP contribution in [0.1, 0.15) is 11.1 Å². The molecule has 0 radical (unpaired) electrons. The van der Waals surface area contributed by atoms with Crippen LogP contribution in [0.4, 0.5) is 5.69 Å². The first-order valence-corrected chi connectivity index (χ1v) is 8.92. The smallest absolute Gasteiger partial charge is 0.161 e. The lowest BCUT2D eigenvalue weighted by Crippen LogP contribution is -2.13. The Morgan fingerprint density at radius 3 is 2.53 bits per heavy atom. The van der Waals surface area contributed by atoms with Crippen LogP contribution >= 0.6 is 11.8 Å². The number of rotatable bonds is 1. The molecule has 2 heterocycles. The molecule has 2 aliphatic rings. The molecule has 0 amide bonds. The zero-order valence-electron chi connectivity index (χ0n) is 10.9. The van der Waals surface area contributed by atoms with Crippen LogP contribution in [-0.2, 0) is 9.84 Å². The number of anilines is 1. The Kier molecular flexibility index (Phi) is 3.09. The second-order valence-corrected chi connectivity index (χ2v) is 8.62. The van der Waals surface area contributed by atoms with Gasteiger partial charge in [0.1, 0.15) is 0 Å². The SMILES string of the molecule is Cc1cc(C)cc(NC2=N[C@H]3CS(=O)(=O)C[C@H]3S2)c1. The van der Waals surface area contributed by atoms with Crippen molar-refractivity contribution in [2.24, 2.45) is 4.99 Å². The number of hydrogen-bond acceptors (Lipinski definition) is 5. The van der Waals surface area contributed by atoms with Gasteiger partial charge < -0.3 is 5.32 Å². The monoisotopic (exact) mass is 296 g/mol. The van der Waals surface area contributed by atoms with Gasteiger partial charge in [-0.15, -0.1) is 0 Å². The number of fused-ring (bicyclic) bond motifs is 1. The molecule has 0 unspecified atom stereocenters. The number of amidine groups is 1. The van der Waals surface area contributed by atoms with Gasteiger partial charge >= 0.3 is 0 Å². The molecule has 0 spiro atoms. The fraction of sp³-hybridized carbons (Fsp3) is 0.462. The summed E-state index contributed by atoms with van der Waals surface area (Å²) in [7, 11) is -2.87. The van der Waals surface area contributed by atoms with Crippen molar-refractivity contribution in [2.45, 2.75) is 25.1 Å². The van der Waals surface area contributed by atoms with Crippen molar-refractivity contribution < 1.29 is 8.42 Å². The second kappa shape index (κ2) is 4.52. The average molecular weight is 296 g/mol. The fourth-order valence-corrected chi connectivity index (χ4v) is 6.26. The van der Waals surface area contributed by atoms with E-state index in [-0.39, 0.29) is 22.8 Å². The molecule has 6 heteroatoms. The fourth-order valence-electron chi connectivity index (χ4n) is 2.59. The largest absolute Gasteiger partial charge is 0.335 e. The van der Waals surface area contributed by atoms with Gasteiger partial charge in [0.25, 0.3) is 0 Å². The molecule has 4 nitrogen and oxygen atoms in total. The zero-order chi connectivity index (χ0) is 13.6. The third-order valence-corrected chi connectivity index (χ3v) is 6.43. The Labute approximate surface area is 117 Å². The van der Waals surface area contributed by atoms with Gasteiger partial charge in [-0.05, 0) is 37.1 Å². The van der Waals surface area contributed by atoms with Crippen molar-refractivity contribution in [3.8, 4) is 0 Å². The molecule has 0 aliphatic carbocycles. The van der Waals surface area contributed by atoms with Gasteiger partial charge in [-0.25, -0.2) is 8.42 Å². The Hall–Kier alpha value is -1.01. The highest BCUT2D eigenvalue weighted by atomic mass is 32.2. The number of aliphatic imine (C=N–C) groups is 1. The molecule has 0 bridgehead atoms. The van der Waals surface area contributed by atoms with Gasteiger partial charge in [0.15, 0.2) is 15.0 Å². The molecule has 19 heavy (non-hydrogen) atoms. The van der Waals surface area contributed by atoms with E-state index in [9.17, 15) is 8.42 Å². The first kappa shape index (κ1) is 13.0. The summed E-state index contributed by atoms with van der Waals surface area (Å²) < 4.78 is 23.0. The lowest BCUT2D eigenvalue weighted by Gasteiger charge is -2.08.